The topological polar surface area (TPSA) is 98.4 Å². The third kappa shape index (κ3) is 2.22. The number of rotatable bonds is 3. The van der Waals surface area contributed by atoms with Gasteiger partial charge in [-0.25, -0.2) is 5.10 Å². The Balaban J connectivity index is 1.98. The number of nitrogens with one attached hydrogen (secondary N) is 2. The maximum absolute atomic E-state index is 11.6. The number of amides is 1. The van der Waals surface area contributed by atoms with Gasteiger partial charge in [0.15, 0.2) is 0 Å². The van der Waals surface area contributed by atoms with Gasteiger partial charge in [-0.1, -0.05) is 0 Å². The average molecular weight is 226 g/mol. The molecule has 1 aromatic heterocycles. The molecule has 0 atom stereocenters. The van der Waals surface area contributed by atoms with Crippen LogP contribution >= 0.6 is 0 Å². The van der Waals surface area contributed by atoms with Crippen LogP contribution in [0.4, 0.5) is 5.95 Å². The fraction of sp³-hybridized carbons (Fsp3) is 0.375. The summed E-state index contributed by atoms with van der Waals surface area (Å²) in [4.78, 5) is 15.4. The molecule has 8 heteroatoms. The predicted molar refractivity (Wildman–Crippen MR) is 51.6 cm³/mol. The van der Waals surface area contributed by atoms with Gasteiger partial charge in [-0.05, 0) is 0 Å². The van der Waals surface area contributed by atoms with Crippen molar-refractivity contribution in [3.63, 3.8) is 0 Å². The number of nitrogens with zero attached hydrogens (tertiary/aromatic N) is 2. The highest BCUT2D eigenvalue weighted by Crippen LogP contribution is 2.09. The van der Waals surface area contributed by atoms with Gasteiger partial charge in [-0.15, -0.1) is 5.10 Å². The highest BCUT2D eigenvalue weighted by atomic mass is 16.6. The van der Waals surface area contributed by atoms with Gasteiger partial charge in [0.1, 0.15) is 19.5 Å². The standard InChI is InChI=1S/C8H10N4O4/c1-14-8-10-7(11-12-8)9-6(13)5-4-15-2-3-16-5/h4H,2-3H2,1H3,(H2,9,10,11,12,13). The number of carbonyl (C=O) groups excluding carboxylic acids is 1. The largest absolute Gasteiger partial charge is 0.494 e. The number of methoxy groups -OCH3 is 1. The fourth-order valence-corrected chi connectivity index (χ4v) is 1.05. The number of hydrogen-bond donors (Lipinski definition) is 2. The summed E-state index contributed by atoms with van der Waals surface area (Å²) >= 11 is 0. The van der Waals surface area contributed by atoms with E-state index in [9.17, 15) is 4.79 Å². The van der Waals surface area contributed by atoms with E-state index in [2.05, 4.69) is 20.5 Å². The van der Waals surface area contributed by atoms with Crippen LogP contribution in [-0.2, 0) is 14.3 Å². The van der Waals surface area contributed by atoms with E-state index in [4.69, 9.17) is 14.2 Å². The smallest absolute Gasteiger partial charge is 0.336 e. The summed E-state index contributed by atoms with van der Waals surface area (Å²) in [5, 5.41) is 8.60. The Labute approximate surface area is 90.6 Å². The molecule has 0 fully saturated rings. The molecular weight excluding hydrogens is 216 g/mol. The molecule has 16 heavy (non-hydrogen) atoms. The van der Waals surface area contributed by atoms with Gasteiger partial charge >= 0.3 is 6.01 Å². The maximum Gasteiger partial charge on any atom is 0.336 e. The SMILES string of the molecule is COc1n[nH]c(NC(=O)C2=COCCO2)n1. The van der Waals surface area contributed by atoms with Crippen molar-refractivity contribution < 1.29 is 19.0 Å². The minimum atomic E-state index is -0.460. The van der Waals surface area contributed by atoms with E-state index in [1.54, 1.807) is 0 Å². The summed E-state index contributed by atoms with van der Waals surface area (Å²) in [6.07, 6.45) is 1.26. The first-order valence-electron chi connectivity index (χ1n) is 4.52. The third-order valence-electron chi connectivity index (χ3n) is 1.75. The summed E-state index contributed by atoms with van der Waals surface area (Å²) in [7, 11) is 1.43. The number of aromatic amines is 1. The summed E-state index contributed by atoms with van der Waals surface area (Å²) in [5.41, 5.74) is 0. The van der Waals surface area contributed by atoms with E-state index >= 15 is 0 Å². The molecule has 0 aliphatic carbocycles. The monoisotopic (exact) mass is 226 g/mol. The molecule has 0 spiro atoms. The van der Waals surface area contributed by atoms with Crippen molar-refractivity contribution in [1.29, 1.82) is 0 Å². The first-order chi connectivity index (χ1) is 7.79. The zero-order valence-corrected chi connectivity index (χ0v) is 8.52. The molecule has 0 saturated carbocycles. The lowest BCUT2D eigenvalue weighted by molar-refractivity contribution is -0.117. The molecule has 0 saturated heterocycles. The quantitative estimate of drug-likeness (QED) is 0.730. The van der Waals surface area contributed by atoms with Crippen LogP contribution in [0.15, 0.2) is 12.0 Å². The van der Waals surface area contributed by atoms with E-state index < -0.39 is 5.91 Å². The highest BCUT2D eigenvalue weighted by molar-refractivity contribution is 6.01. The normalized spacial score (nSPS) is 14.4. The van der Waals surface area contributed by atoms with Gasteiger partial charge in [-0.3, -0.25) is 10.1 Å². The van der Waals surface area contributed by atoms with Crippen LogP contribution < -0.4 is 10.1 Å². The van der Waals surface area contributed by atoms with Crippen LogP contribution in [0.5, 0.6) is 6.01 Å². The first-order valence-corrected chi connectivity index (χ1v) is 4.52. The molecule has 1 aromatic rings. The molecule has 0 bridgehead atoms. The van der Waals surface area contributed by atoms with Crippen LogP contribution in [0, 0.1) is 0 Å². The first kappa shape index (κ1) is 10.3. The number of H-pyrrole nitrogens is 1. The van der Waals surface area contributed by atoms with Gasteiger partial charge in [-0.2, -0.15) is 4.98 Å². The number of anilines is 1. The molecule has 1 aliphatic heterocycles. The minimum Gasteiger partial charge on any atom is -0.494 e. The molecule has 2 rings (SSSR count). The van der Waals surface area contributed by atoms with Crippen molar-refractivity contribution in [2.75, 3.05) is 25.6 Å². The zero-order chi connectivity index (χ0) is 11.4. The van der Waals surface area contributed by atoms with Crippen molar-refractivity contribution in [3.05, 3.63) is 12.0 Å². The van der Waals surface area contributed by atoms with Crippen molar-refractivity contribution in [3.8, 4) is 6.01 Å². The second-order valence-corrected chi connectivity index (χ2v) is 2.83. The number of hydrogen-bond acceptors (Lipinski definition) is 6. The minimum absolute atomic E-state index is 0.0987. The van der Waals surface area contributed by atoms with Gasteiger partial charge < -0.3 is 14.2 Å². The van der Waals surface area contributed by atoms with Gasteiger partial charge in [0.2, 0.25) is 11.7 Å². The second-order valence-electron chi connectivity index (χ2n) is 2.83. The summed E-state index contributed by atoms with van der Waals surface area (Å²) in [6.45, 7) is 0.784. The van der Waals surface area contributed by atoms with Crippen molar-refractivity contribution in [1.82, 2.24) is 15.2 Å². The van der Waals surface area contributed by atoms with Crippen LogP contribution in [0.2, 0.25) is 0 Å². The van der Waals surface area contributed by atoms with Gasteiger partial charge in [0.25, 0.3) is 5.91 Å². The Kier molecular flexibility index (Phi) is 2.90. The van der Waals surface area contributed by atoms with E-state index in [0.717, 1.165) is 0 Å². The van der Waals surface area contributed by atoms with Crippen LogP contribution in [0.1, 0.15) is 0 Å². The molecule has 1 amide bonds. The van der Waals surface area contributed by atoms with E-state index in [1.165, 1.54) is 13.4 Å². The van der Waals surface area contributed by atoms with E-state index in [0.29, 0.717) is 13.2 Å². The molecule has 0 aromatic carbocycles. The van der Waals surface area contributed by atoms with Gasteiger partial charge in [0, 0.05) is 0 Å². The lowest BCUT2D eigenvalue weighted by Crippen LogP contribution is -2.21. The molecule has 0 radical (unpaired) electrons. The summed E-state index contributed by atoms with van der Waals surface area (Å²) in [6, 6.07) is 0.144. The van der Waals surface area contributed by atoms with Crippen LogP contribution in [0.3, 0.4) is 0 Å². The lowest BCUT2D eigenvalue weighted by atomic mass is 10.5. The molecule has 2 N–H and O–H groups in total. The highest BCUT2D eigenvalue weighted by Gasteiger charge is 2.16. The Hall–Kier alpha value is -2.25. The molecule has 1 aliphatic rings. The average Bonchev–Trinajstić information content (AvgIpc) is 2.78. The Morgan fingerprint density at radius 3 is 3.12 bits per heavy atom. The summed E-state index contributed by atoms with van der Waals surface area (Å²) < 4.78 is 14.8. The van der Waals surface area contributed by atoms with Crippen molar-refractivity contribution in [2.45, 2.75) is 0 Å². The summed E-state index contributed by atoms with van der Waals surface area (Å²) in [5.74, 6) is -0.183. The van der Waals surface area contributed by atoms with Crippen molar-refractivity contribution in [2.24, 2.45) is 0 Å². The Morgan fingerprint density at radius 2 is 2.50 bits per heavy atom. The van der Waals surface area contributed by atoms with Crippen LogP contribution in [0.25, 0.3) is 0 Å². The maximum atomic E-state index is 11.6. The third-order valence-corrected chi connectivity index (χ3v) is 1.75. The fourth-order valence-electron chi connectivity index (χ4n) is 1.05. The number of aromatic nitrogens is 3. The molecule has 86 valence electrons. The lowest BCUT2D eigenvalue weighted by Gasteiger charge is -2.13. The van der Waals surface area contributed by atoms with Crippen molar-refractivity contribution >= 4 is 11.9 Å². The van der Waals surface area contributed by atoms with Crippen LogP contribution in [-0.4, -0.2) is 41.4 Å². The number of carbonyl (C=O) groups is 1. The van der Waals surface area contributed by atoms with E-state index in [-0.39, 0.29) is 17.7 Å². The number of ether oxygens (including phenoxy) is 3. The second kappa shape index (κ2) is 4.51. The predicted octanol–water partition coefficient (Wildman–Crippen LogP) is -0.360. The zero-order valence-electron chi connectivity index (χ0n) is 8.52. The van der Waals surface area contributed by atoms with E-state index in [1.807, 2.05) is 0 Å². The molecule has 0 unspecified atom stereocenters. The molecule has 8 nitrogen and oxygen atoms in total. The Bertz CT molecular complexity index is 414. The van der Waals surface area contributed by atoms with Gasteiger partial charge in [0.05, 0.1) is 7.11 Å². The molecular formula is C8H10N4O4. The molecule has 2 heterocycles. The Morgan fingerprint density at radius 1 is 1.62 bits per heavy atom.